The van der Waals surface area contributed by atoms with Gasteiger partial charge >= 0.3 is 5.97 Å². The number of hydrogen-bond acceptors (Lipinski definition) is 5. The minimum absolute atomic E-state index is 0.0235. The van der Waals surface area contributed by atoms with Gasteiger partial charge in [-0.05, 0) is 12.8 Å². The number of amides is 1. The molecule has 0 aliphatic rings. The van der Waals surface area contributed by atoms with E-state index in [4.69, 9.17) is 5.11 Å². The van der Waals surface area contributed by atoms with Crippen molar-refractivity contribution in [1.82, 2.24) is 15.3 Å². The van der Waals surface area contributed by atoms with E-state index in [1.54, 1.807) is 0 Å². The van der Waals surface area contributed by atoms with Gasteiger partial charge in [0, 0.05) is 6.54 Å². The van der Waals surface area contributed by atoms with Crippen LogP contribution < -0.4 is 5.32 Å². The summed E-state index contributed by atoms with van der Waals surface area (Å²) in [4.78, 5) is 29.9. The molecule has 1 aromatic heterocycles. The molecule has 0 saturated heterocycles. The van der Waals surface area contributed by atoms with Crippen molar-refractivity contribution >= 4 is 11.9 Å². The average molecular weight is 295 g/mol. The Kier molecular flexibility index (Phi) is 6.23. The summed E-state index contributed by atoms with van der Waals surface area (Å²) in [5.41, 5.74) is -1.12. The number of carboxylic acids is 1. The lowest BCUT2D eigenvalue weighted by molar-refractivity contribution is 0.0212. The second-order valence-corrected chi connectivity index (χ2v) is 5.00. The molecule has 1 heterocycles. The summed E-state index contributed by atoms with van der Waals surface area (Å²) in [6, 6.07) is 0. The van der Waals surface area contributed by atoms with Gasteiger partial charge in [0.2, 0.25) is 0 Å². The summed E-state index contributed by atoms with van der Waals surface area (Å²) in [5, 5.41) is 21.7. The van der Waals surface area contributed by atoms with Crippen molar-refractivity contribution in [3.05, 3.63) is 23.8 Å². The maximum Gasteiger partial charge on any atom is 0.356 e. The maximum absolute atomic E-state index is 11.9. The van der Waals surface area contributed by atoms with E-state index in [2.05, 4.69) is 15.3 Å². The number of nitrogens with zero attached hydrogens (tertiary/aromatic N) is 2. The predicted molar refractivity (Wildman–Crippen MR) is 76.1 cm³/mol. The SMILES string of the molecule is CCCC(O)(CCC)CNC(=O)c1cnc(C(=O)O)cn1. The molecule has 0 atom stereocenters. The fourth-order valence-electron chi connectivity index (χ4n) is 2.12. The normalized spacial score (nSPS) is 11.2. The van der Waals surface area contributed by atoms with E-state index in [0.717, 1.165) is 25.2 Å². The van der Waals surface area contributed by atoms with Gasteiger partial charge in [0.25, 0.3) is 5.91 Å². The van der Waals surface area contributed by atoms with E-state index < -0.39 is 17.5 Å². The Bertz CT molecular complexity index is 481. The Morgan fingerprint density at radius 1 is 1.14 bits per heavy atom. The quantitative estimate of drug-likeness (QED) is 0.665. The lowest BCUT2D eigenvalue weighted by atomic mass is 9.92. The Morgan fingerprint density at radius 3 is 2.10 bits per heavy atom. The number of hydrogen-bond donors (Lipinski definition) is 3. The second kappa shape index (κ2) is 7.68. The third kappa shape index (κ3) is 5.11. The van der Waals surface area contributed by atoms with Crippen LogP contribution in [-0.2, 0) is 0 Å². The van der Waals surface area contributed by atoms with Crippen LogP contribution in [0.4, 0.5) is 0 Å². The van der Waals surface area contributed by atoms with Gasteiger partial charge in [0.05, 0.1) is 18.0 Å². The molecule has 116 valence electrons. The van der Waals surface area contributed by atoms with Gasteiger partial charge in [0.1, 0.15) is 5.69 Å². The highest BCUT2D eigenvalue weighted by Crippen LogP contribution is 2.18. The topological polar surface area (TPSA) is 112 Å². The van der Waals surface area contributed by atoms with E-state index in [9.17, 15) is 14.7 Å². The van der Waals surface area contributed by atoms with Crippen molar-refractivity contribution in [2.45, 2.75) is 45.1 Å². The number of carbonyl (C=O) groups excluding carboxylic acids is 1. The number of rotatable bonds is 8. The predicted octanol–water partition coefficient (Wildman–Crippen LogP) is 1.24. The fourth-order valence-corrected chi connectivity index (χ4v) is 2.12. The molecule has 0 fully saturated rings. The standard InChI is InChI=1S/C14H21N3O4/c1-3-5-14(21,6-4-2)9-17-12(18)10-7-16-11(8-15-10)13(19)20/h7-8,21H,3-6,9H2,1-2H3,(H,17,18)(H,19,20). The van der Waals surface area contributed by atoms with Gasteiger partial charge in [-0.2, -0.15) is 0 Å². The fraction of sp³-hybridized carbons (Fsp3) is 0.571. The summed E-state index contributed by atoms with van der Waals surface area (Å²) >= 11 is 0. The zero-order valence-electron chi connectivity index (χ0n) is 12.3. The molecule has 0 bridgehead atoms. The van der Waals surface area contributed by atoms with Crippen molar-refractivity contribution in [2.24, 2.45) is 0 Å². The molecule has 0 aliphatic heterocycles. The third-order valence-electron chi connectivity index (χ3n) is 3.11. The summed E-state index contributed by atoms with van der Waals surface area (Å²) in [5.74, 6) is -1.68. The molecule has 7 nitrogen and oxygen atoms in total. The monoisotopic (exact) mass is 295 g/mol. The summed E-state index contributed by atoms with van der Waals surface area (Å²) in [7, 11) is 0. The van der Waals surface area contributed by atoms with Gasteiger partial charge in [0.15, 0.2) is 5.69 Å². The number of aromatic nitrogens is 2. The largest absolute Gasteiger partial charge is 0.476 e. The van der Waals surface area contributed by atoms with Crippen molar-refractivity contribution in [1.29, 1.82) is 0 Å². The van der Waals surface area contributed by atoms with Crippen LogP contribution in [0.15, 0.2) is 12.4 Å². The van der Waals surface area contributed by atoms with Crippen LogP contribution >= 0.6 is 0 Å². The van der Waals surface area contributed by atoms with Gasteiger partial charge in [-0.3, -0.25) is 4.79 Å². The van der Waals surface area contributed by atoms with Gasteiger partial charge in [-0.25, -0.2) is 14.8 Å². The third-order valence-corrected chi connectivity index (χ3v) is 3.11. The van der Waals surface area contributed by atoms with Crippen LogP contribution in [0.1, 0.15) is 60.5 Å². The van der Waals surface area contributed by atoms with Crippen LogP contribution in [0.3, 0.4) is 0 Å². The van der Waals surface area contributed by atoms with Crippen molar-refractivity contribution in [3.8, 4) is 0 Å². The van der Waals surface area contributed by atoms with E-state index >= 15 is 0 Å². The molecule has 3 N–H and O–H groups in total. The Balaban J connectivity index is 2.65. The number of carbonyl (C=O) groups is 2. The minimum Gasteiger partial charge on any atom is -0.476 e. The van der Waals surface area contributed by atoms with Crippen molar-refractivity contribution in [2.75, 3.05) is 6.54 Å². The highest BCUT2D eigenvalue weighted by Gasteiger charge is 2.25. The van der Waals surface area contributed by atoms with Crippen LogP contribution in [0, 0.1) is 0 Å². The van der Waals surface area contributed by atoms with E-state index in [-0.39, 0.29) is 17.9 Å². The molecule has 0 aliphatic carbocycles. The molecule has 0 saturated carbocycles. The van der Waals surface area contributed by atoms with Crippen LogP contribution in [0.2, 0.25) is 0 Å². The van der Waals surface area contributed by atoms with Crippen LogP contribution in [-0.4, -0.2) is 44.2 Å². The molecule has 1 aromatic rings. The van der Waals surface area contributed by atoms with Crippen molar-refractivity contribution in [3.63, 3.8) is 0 Å². The Morgan fingerprint density at radius 2 is 1.67 bits per heavy atom. The summed E-state index contributed by atoms with van der Waals surface area (Å²) in [6.07, 6.45) is 4.98. The molecule has 0 unspecified atom stereocenters. The van der Waals surface area contributed by atoms with E-state index in [0.29, 0.717) is 12.8 Å². The molecular weight excluding hydrogens is 274 g/mol. The molecule has 0 radical (unpaired) electrons. The van der Waals surface area contributed by atoms with Crippen molar-refractivity contribution < 1.29 is 19.8 Å². The first kappa shape index (κ1) is 17.0. The van der Waals surface area contributed by atoms with Gasteiger partial charge in [-0.15, -0.1) is 0 Å². The molecule has 21 heavy (non-hydrogen) atoms. The maximum atomic E-state index is 11.9. The zero-order chi connectivity index (χ0) is 15.9. The summed E-state index contributed by atoms with van der Waals surface area (Å²) < 4.78 is 0. The highest BCUT2D eigenvalue weighted by molar-refractivity contribution is 5.92. The molecule has 1 amide bonds. The number of aromatic carboxylic acids is 1. The first-order valence-corrected chi connectivity index (χ1v) is 6.97. The van der Waals surface area contributed by atoms with Crippen LogP contribution in [0.25, 0.3) is 0 Å². The lowest BCUT2D eigenvalue weighted by Gasteiger charge is -2.27. The van der Waals surface area contributed by atoms with E-state index in [1.165, 1.54) is 0 Å². The number of carboxylic acid groups (broad SMARTS) is 1. The lowest BCUT2D eigenvalue weighted by Crippen LogP contribution is -2.43. The van der Waals surface area contributed by atoms with Gasteiger partial charge in [-0.1, -0.05) is 26.7 Å². The van der Waals surface area contributed by atoms with E-state index in [1.807, 2.05) is 13.8 Å². The zero-order valence-corrected chi connectivity index (χ0v) is 12.3. The highest BCUT2D eigenvalue weighted by atomic mass is 16.4. The molecule has 1 rings (SSSR count). The average Bonchev–Trinajstić information content (AvgIpc) is 2.45. The number of nitrogens with one attached hydrogen (secondary N) is 1. The van der Waals surface area contributed by atoms with Crippen LogP contribution in [0.5, 0.6) is 0 Å². The Labute approximate surface area is 123 Å². The summed E-state index contributed by atoms with van der Waals surface area (Å²) in [6.45, 7) is 4.08. The first-order valence-electron chi connectivity index (χ1n) is 6.97. The second-order valence-electron chi connectivity index (χ2n) is 5.00. The molecule has 0 spiro atoms. The molecule has 0 aromatic carbocycles. The first-order chi connectivity index (χ1) is 9.91. The molecular formula is C14H21N3O4. The smallest absolute Gasteiger partial charge is 0.356 e. The number of aliphatic hydroxyl groups is 1. The minimum atomic E-state index is -1.20. The molecule has 7 heteroatoms. The van der Waals surface area contributed by atoms with Gasteiger partial charge < -0.3 is 15.5 Å². The Hall–Kier alpha value is -2.02.